The van der Waals surface area contributed by atoms with Gasteiger partial charge in [-0.15, -0.1) is 0 Å². The van der Waals surface area contributed by atoms with Crippen LogP contribution in [-0.4, -0.2) is 34.0 Å². The van der Waals surface area contributed by atoms with Gasteiger partial charge in [0.2, 0.25) is 0 Å². The average molecular weight is 205 g/mol. The second-order valence-electron chi connectivity index (χ2n) is 4.64. The van der Waals surface area contributed by atoms with Gasteiger partial charge in [0.25, 0.3) is 0 Å². The SMILES string of the molecule is Cc1ncc(C2CCN(C(C)C)C2)cn1. The molecule has 1 aliphatic rings. The van der Waals surface area contributed by atoms with Gasteiger partial charge in [0.1, 0.15) is 5.82 Å². The normalized spacial score (nSPS) is 22.5. The van der Waals surface area contributed by atoms with E-state index in [9.17, 15) is 0 Å². The van der Waals surface area contributed by atoms with Crippen molar-refractivity contribution in [3.63, 3.8) is 0 Å². The minimum atomic E-state index is 0.632. The summed E-state index contributed by atoms with van der Waals surface area (Å²) in [6, 6.07) is 0.654. The maximum atomic E-state index is 4.26. The summed E-state index contributed by atoms with van der Waals surface area (Å²) in [5.74, 6) is 1.49. The predicted molar refractivity (Wildman–Crippen MR) is 60.8 cm³/mol. The van der Waals surface area contributed by atoms with Crippen LogP contribution in [0.25, 0.3) is 0 Å². The molecule has 1 fully saturated rings. The van der Waals surface area contributed by atoms with Gasteiger partial charge in [-0.1, -0.05) is 0 Å². The van der Waals surface area contributed by atoms with Crippen LogP contribution in [0.1, 0.15) is 37.6 Å². The molecule has 0 aliphatic carbocycles. The third kappa shape index (κ3) is 2.34. The lowest BCUT2D eigenvalue weighted by Gasteiger charge is -2.20. The highest BCUT2D eigenvalue weighted by atomic mass is 15.2. The molecule has 0 bridgehead atoms. The van der Waals surface area contributed by atoms with Gasteiger partial charge < -0.3 is 4.90 Å². The van der Waals surface area contributed by atoms with Crippen molar-refractivity contribution in [2.45, 2.75) is 39.2 Å². The van der Waals surface area contributed by atoms with E-state index in [1.54, 1.807) is 0 Å². The van der Waals surface area contributed by atoms with E-state index in [-0.39, 0.29) is 0 Å². The lowest BCUT2D eigenvalue weighted by atomic mass is 10.0. The second kappa shape index (κ2) is 4.27. The van der Waals surface area contributed by atoms with Gasteiger partial charge >= 0.3 is 0 Å². The van der Waals surface area contributed by atoms with E-state index in [4.69, 9.17) is 0 Å². The summed E-state index contributed by atoms with van der Waals surface area (Å²) in [5, 5.41) is 0. The first-order valence-electron chi connectivity index (χ1n) is 5.69. The Labute approximate surface area is 91.5 Å². The monoisotopic (exact) mass is 205 g/mol. The molecular weight excluding hydrogens is 186 g/mol. The number of hydrogen-bond acceptors (Lipinski definition) is 3. The fourth-order valence-corrected chi connectivity index (χ4v) is 2.14. The molecule has 1 aromatic heterocycles. The fourth-order valence-electron chi connectivity index (χ4n) is 2.14. The number of aromatic nitrogens is 2. The van der Waals surface area contributed by atoms with Crippen molar-refractivity contribution in [2.75, 3.05) is 13.1 Å². The summed E-state index contributed by atoms with van der Waals surface area (Å²) in [7, 11) is 0. The minimum absolute atomic E-state index is 0.632. The summed E-state index contributed by atoms with van der Waals surface area (Å²) in [6.07, 6.45) is 5.21. The van der Waals surface area contributed by atoms with Crippen LogP contribution in [-0.2, 0) is 0 Å². The van der Waals surface area contributed by atoms with Crippen LogP contribution in [0.5, 0.6) is 0 Å². The molecule has 1 atom stereocenters. The van der Waals surface area contributed by atoms with Crippen molar-refractivity contribution >= 4 is 0 Å². The Morgan fingerprint density at radius 3 is 2.53 bits per heavy atom. The summed E-state index contributed by atoms with van der Waals surface area (Å²) in [4.78, 5) is 11.0. The lowest BCUT2D eigenvalue weighted by Crippen LogP contribution is -2.27. The van der Waals surface area contributed by atoms with E-state index >= 15 is 0 Å². The van der Waals surface area contributed by atoms with E-state index in [1.807, 2.05) is 19.3 Å². The Balaban J connectivity index is 2.04. The van der Waals surface area contributed by atoms with E-state index in [0.29, 0.717) is 12.0 Å². The van der Waals surface area contributed by atoms with Gasteiger partial charge in [0.15, 0.2) is 0 Å². The summed E-state index contributed by atoms with van der Waals surface area (Å²) in [5.41, 5.74) is 1.30. The van der Waals surface area contributed by atoms with Crippen molar-refractivity contribution in [1.29, 1.82) is 0 Å². The predicted octanol–water partition coefficient (Wildman–Crippen LogP) is 1.98. The Hall–Kier alpha value is -0.960. The zero-order valence-corrected chi connectivity index (χ0v) is 9.77. The largest absolute Gasteiger partial charge is 0.300 e. The van der Waals surface area contributed by atoms with E-state index in [2.05, 4.69) is 28.7 Å². The summed E-state index contributed by atoms with van der Waals surface area (Å²) in [6.45, 7) is 8.81. The molecule has 15 heavy (non-hydrogen) atoms. The third-order valence-electron chi connectivity index (χ3n) is 3.22. The molecule has 3 heteroatoms. The first-order valence-corrected chi connectivity index (χ1v) is 5.69. The van der Waals surface area contributed by atoms with Crippen LogP contribution >= 0.6 is 0 Å². The van der Waals surface area contributed by atoms with Crippen LogP contribution in [0.2, 0.25) is 0 Å². The van der Waals surface area contributed by atoms with Gasteiger partial charge in [0.05, 0.1) is 0 Å². The topological polar surface area (TPSA) is 29.0 Å². The number of nitrogens with zero attached hydrogens (tertiary/aromatic N) is 3. The third-order valence-corrected chi connectivity index (χ3v) is 3.22. The van der Waals surface area contributed by atoms with Gasteiger partial charge in [0, 0.05) is 30.9 Å². The van der Waals surface area contributed by atoms with Crippen LogP contribution in [0.15, 0.2) is 12.4 Å². The minimum Gasteiger partial charge on any atom is -0.300 e. The zero-order valence-electron chi connectivity index (χ0n) is 9.77. The van der Waals surface area contributed by atoms with Crippen LogP contribution < -0.4 is 0 Å². The molecule has 0 saturated carbocycles. The standard InChI is InChI=1S/C12H19N3/c1-9(2)15-5-4-11(8-15)12-6-13-10(3)14-7-12/h6-7,9,11H,4-5,8H2,1-3H3. The van der Waals surface area contributed by atoms with E-state index in [0.717, 1.165) is 12.4 Å². The number of aryl methyl sites for hydroxylation is 1. The van der Waals surface area contributed by atoms with Gasteiger partial charge in [-0.25, -0.2) is 9.97 Å². The molecule has 2 rings (SSSR count). The lowest BCUT2D eigenvalue weighted by molar-refractivity contribution is 0.272. The highest BCUT2D eigenvalue weighted by molar-refractivity contribution is 5.14. The van der Waals surface area contributed by atoms with E-state index in [1.165, 1.54) is 18.5 Å². The molecule has 0 N–H and O–H groups in total. The molecule has 0 amide bonds. The van der Waals surface area contributed by atoms with Crippen molar-refractivity contribution in [1.82, 2.24) is 14.9 Å². The number of likely N-dealkylation sites (tertiary alicyclic amines) is 1. The average Bonchev–Trinajstić information content (AvgIpc) is 2.68. The number of rotatable bonds is 2. The van der Waals surface area contributed by atoms with Crippen LogP contribution in [0.4, 0.5) is 0 Å². The van der Waals surface area contributed by atoms with Gasteiger partial charge in [-0.2, -0.15) is 0 Å². The molecule has 1 aromatic rings. The molecule has 1 aliphatic heterocycles. The molecule has 1 unspecified atom stereocenters. The molecule has 2 heterocycles. The maximum absolute atomic E-state index is 4.26. The van der Waals surface area contributed by atoms with Gasteiger partial charge in [-0.05, 0) is 39.3 Å². The Bertz CT molecular complexity index is 318. The molecular formula is C12H19N3. The van der Waals surface area contributed by atoms with Crippen molar-refractivity contribution in [2.24, 2.45) is 0 Å². The quantitative estimate of drug-likeness (QED) is 0.739. The first-order chi connectivity index (χ1) is 7.16. The number of hydrogen-bond donors (Lipinski definition) is 0. The molecule has 1 saturated heterocycles. The first kappa shape index (κ1) is 10.6. The van der Waals surface area contributed by atoms with Crippen molar-refractivity contribution < 1.29 is 0 Å². The second-order valence-corrected chi connectivity index (χ2v) is 4.64. The van der Waals surface area contributed by atoms with Crippen LogP contribution in [0, 0.1) is 6.92 Å². The summed E-state index contributed by atoms with van der Waals surface area (Å²) >= 11 is 0. The Morgan fingerprint density at radius 2 is 2.00 bits per heavy atom. The molecule has 0 radical (unpaired) electrons. The highest BCUT2D eigenvalue weighted by Crippen LogP contribution is 2.27. The highest BCUT2D eigenvalue weighted by Gasteiger charge is 2.25. The Morgan fingerprint density at radius 1 is 1.33 bits per heavy atom. The Kier molecular flexibility index (Phi) is 3.00. The maximum Gasteiger partial charge on any atom is 0.125 e. The molecule has 3 nitrogen and oxygen atoms in total. The van der Waals surface area contributed by atoms with Gasteiger partial charge in [-0.3, -0.25) is 0 Å². The zero-order chi connectivity index (χ0) is 10.8. The molecule has 0 spiro atoms. The smallest absolute Gasteiger partial charge is 0.125 e. The van der Waals surface area contributed by atoms with Crippen molar-refractivity contribution in [3.8, 4) is 0 Å². The van der Waals surface area contributed by atoms with Crippen LogP contribution in [0.3, 0.4) is 0 Å². The fraction of sp³-hybridized carbons (Fsp3) is 0.667. The van der Waals surface area contributed by atoms with Crippen molar-refractivity contribution in [3.05, 3.63) is 23.8 Å². The van der Waals surface area contributed by atoms with E-state index < -0.39 is 0 Å². The summed E-state index contributed by atoms with van der Waals surface area (Å²) < 4.78 is 0. The molecule has 0 aromatic carbocycles. The molecule has 82 valence electrons.